The molecule has 0 saturated carbocycles. The first-order chi connectivity index (χ1) is 26.7. The van der Waals surface area contributed by atoms with Crippen molar-refractivity contribution in [1.82, 2.24) is 0 Å². The lowest BCUT2D eigenvalue weighted by Crippen LogP contribution is -2.67. The number of benzene rings is 2. The number of phenols is 4. The smallest absolute Gasteiger partial charge is 0.331 e. The summed E-state index contributed by atoms with van der Waals surface area (Å²) in [5.41, 5.74) is 0.708. The predicted octanol–water partition coefficient (Wildman–Crippen LogP) is -4.22. The van der Waals surface area contributed by atoms with Crippen molar-refractivity contribution < 1.29 is 104 Å². The van der Waals surface area contributed by atoms with Crippen LogP contribution in [0.25, 0.3) is 6.08 Å². The maximum Gasteiger partial charge on any atom is 0.331 e. The fourth-order valence-electron chi connectivity index (χ4n) is 6.27. The zero-order valence-corrected chi connectivity index (χ0v) is 29.4. The minimum atomic E-state index is -2.03. The molecule has 3 aliphatic rings. The number of aromatic hydroxyl groups is 4. The molecule has 0 amide bonds. The van der Waals surface area contributed by atoms with E-state index in [2.05, 4.69) is 0 Å². The zero-order chi connectivity index (χ0) is 40.8. The fourth-order valence-corrected chi connectivity index (χ4v) is 6.27. The van der Waals surface area contributed by atoms with E-state index in [0.29, 0.717) is 5.56 Å². The molecule has 312 valence electrons. The summed E-state index contributed by atoms with van der Waals surface area (Å²) in [6, 6.07) is 7.62. The summed E-state index contributed by atoms with van der Waals surface area (Å²) in [6.07, 6.45) is -24.8. The second-order valence-electron chi connectivity index (χ2n) is 13.2. The number of carbonyl (C=O) groups excluding carboxylic acids is 1. The summed E-state index contributed by atoms with van der Waals surface area (Å²) in [5, 5.41) is 133. The molecule has 0 aromatic heterocycles. The van der Waals surface area contributed by atoms with Gasteiger partial charge in [-0.1, -0.05) is 12.1 Å². The minimum absolute atomic E-state index is 0.0541. The van der Waals surface area contributed by atoms with E-state index in [1.165, 1.54) is 30.3 Å². The van der Waals surface area contributed by atoms with Crippen molar-refractivity contribution in [2.45, 2.75) is 98.5 Å². The van der Waals surface area contributed by atoms with Gasteiger partial charge in [-0.15, -0.1) is 0 Å². The molecular weight excluding hydrogens is 756 g/mol. The summed E-state index contributed by atoms with van der Waals surface area (Å²) in [6.45, 7) is -2.87. The van der Waals surface area contributed by atoms with Gasteiger partial charge in [-0.05, 0) is 47.9 Å². The maximum absolute atomic E-state index is 13.3. The number of hydrogen-bond donors (Lipinski definition) is 13. The number of aliphatic hydroxyl groups excluding tert-OH is 9. The molecule has 21 heteroatoms. The van der Waals surface area contributed by atoms with E-state index in [9.17, 15) is 71.2 Å². The van der Waals surface area contributed by atoms with E-state index in [1.807, 2.05) is 0 Å². The number of esters is 1. The summed E-state index contributed by atoms with van der Waals surface area (Å²) in [4.78, 5) is 13.3. The standard InChI is InChI=1S/C35H46O21/c36-11-20-24(44)26(46)28(48)33(51-20)55-31-30(54-23(43)6-3-14-1-4-16(39)18(41)9-14)22(13-38)53-35(50-8-7-15-2-5-17(40)19(42)10-15)32(31)56-34-29(49)27(47)25(45)21(12-37)52-34/h1-6,9-10,20-22,24-42,44-49H,7-8,11-13H2/b6-3+/t20-,21-,22-,24-,25-,26+,27+,28-,29-,30-,31+,32-,33+,34+,35-/m1/s1. The molecule has 5 rings (SSSR count). The Morgan fingerprint density at radius 1 is 0.589 bits per heavy atom. The predicted molar refractivity (Wildman–Crippen MR) is 181 cm³/mol. The van der Waals surface area contributed by atoms with Gasteiger partial charge in [0.2, 0.25) is 0 Å². The van der Waals surface area contributed by atoms with Crippen molar-refractivity contribution in [1.29, 1.82) is 0 Å². The highest BCUT2D eigenvalue weighted by Crippen LogP contribution is 2.36. The van der Waals surface area contributed by atoms with Crippen molar-refractivity contribution in [3.8, 4) is 23.0 Å². The van der Waals surface area contributed by atoms with E-state index in [-0.39, 0.29) is 24.3 Å². The third-order valence-electron chi connectivity index (χ3n) is 9.43. The normalized spacial score (nSPS) is 36.4. The zero-order valence-electron chi connectivity index (χ0n) is 29.4. The average molecular weight is 803 g/mol. The van der Waals surface area contributed by atoms with Gasteiger partial charge >= 0.3 is 5.97 Å². The third-order valence-corrected chi connectivity index (χ3v) is 9.43. The average Bonchev–Trinajstić information content (AvgIpc) is 3.18. The molecule has 0 aliphatic carbocycles. The molecule has 2 aromatic rings. The lowest BCUT2D eigenvalue weighted by molar-refractivity contribution is -0.391. The van der Waals surface area contributed by atoms with Gasteiger partial charge in [0.05, 0.1) is 26.4 Å². The molecule has 3 heterocycles. The Morgan fingerprint density at radius 3 is 1.64 bits per heavy atom. The van der Waals surface area contributed by atoms with Gasteiger partial charge in [0, 0.05) is 6.08 Å². The van der Waals surface area contributed by atoms with Crippen LogP contribution in [0.5, 0.6) is 23.0 Å². The first kappa shape index (κ1) is 43.4. The molecule has 56 heavy (non-hydrogen) atoms. The Morgan fingerprint density at radius 2 is 1.11 bits per heavy atom. The van der Waals surface area contributed by atoms with E-state index in [4.69, 9.17) is 33.2 Å². The lowest BCUT2D eigenvalue weighted by Gasteiger charge is -2.49. The van der Waals surface area contributed by atoms with E-state index in [0.717, 1.165) is 18.2 Å². The van der Waals surface area contributed by atoms with Gasteiger partial charge in [-0.25, -0.2) is 4.79 Å². The summed E-state index contributed by atoms with van der Waals surface area (Å²) >= 11 is 0. The number of rotatable bonds is 14. The van der Waals surface area contributed by atoms with Crippen LogP contribution in [0, 0.1) is 0 Å². The van der Waals surface area contributed by atoms with Crippen molar-refractivity contribution in [2.24, 2.45) is 0 Å². The summed E-state index contributed by atoms with van der Waals surface area (Å²) in [5.74, 6) is -2.84. The maximum atomic E-state index is 13.3. The molecule has 13 N–H and O–H groups in total. The molecule has 0 spiro atoms. The summed E-state index contributed by atoms with van der Waals surface area (Å²) < 4.78 is 40.8. The quantitative estimate of drug-likeness (QED) is 0.0489. The van der Waals surface area contributed by atoms with Crippen LogP contribution in [0.3, 0.4) is 0 Å². The van der Waals surface area contributed by atoms with Gasteiger partial charge in [-0.2, -0.15) is 0 Å². The Hall–Kier alpha value is -3.75. The molecule has 0 radical (unpaired) electrons. The molecule has 0 bridgehead atoms. The van der Waals surface area contributed by atoms with Gasteiger partial charge in [0.15, 0.2) is 48.0 Å². The van der Waals surface area contributed by atoms with Gasteiger partial charge in [-0.3, -0.25) is 0 Å². The van der Waals surface area contributed by atoms with Crippen LogP contribution in [-0.4, -0.2) is 191 Å². The first-order valence-corrected chi connectivity index (χ1v) is 17.4. The molecule has 3 aliphatic heterocycles. The SMILES string of the molecule is O=C(/C=C/c1ccc(O)c(O)c1)O[C@H]1[C@H](O[C@@H]2O[C@H](CO)[C@@H](O)[C@H](O)[C@H]2O)[C@@H](O[C@@H]2O[C@H](CO)[C@@H](O)[C@H](O)[C@H]2O)[C@H](OCCc2ccc(O)c(O)c2)O[C@@H]1CO. The van der Waals surface area contributed by atoms with Gasteiger partial charge in [0.25, 0.3) is 0 Å². The van der Waals surface area contributed by atoms with Crippen molar-refractivity contribution in [3.05, 3.63) is 53.6 Å². The van der Waals surface area contributed by atoms with Crippen LogP contribution < -0.4 is 0 Å². The largest absolute Gasteiger partial charge is 0.504 e. The number of aliphatic hydroxyl groups is 9. The van der Waals surface area contributed by atoms with E-state index in [1.54, 1.807) is 0 Å². The Bertz CT molecular complexity index is 1620. The van der Waals surface area contributed by atoms with Crippen LogP contribution in [0.2, 0.25) is 0 Å². The van der Waals surface area contributed by atoms with Crippen LogP contribution in [0.4, 0.5) is 0 Å². The van der Waals surface area contributed by atoms with Crippen LogP contribution >= 0.6 is 0 Å². The van der Waals surface area contributed by atoms with Crippen molar-refractivity contribution >= 4 is 12.0 Å². The van der Waals surface area contributed by atoms with Crippen molar-refractivity contribution in [3.63, 3.8) is 0 Å². The molecule has 0 unspecified atom stereocenters. The molecular formula is C35H46O21. The van der Waals surface area contributed by atoms with Crippen molar-refractivity contribution in [2.75, 3.05) is 26.4 Å². The second kappa shape index (κ2) is 19.1. The van der Waals surface area contributed by atoms with Crippen LogP contribution in [0.15, 0.2) is 42.5 Å². The fraction of sp³-hybridized carbons (Fsp3) is 0.571. The first-order valence-electron chi connectivity index (χ1n) is 17.4. The number of carbonyl (C=O) groups is 1. The second-order valence-corrected chi connectivity index (χ2v) is 13.2. The lowest BCUT2D eigenvalue weighted by atomic mass is 9.95. The number of phenolic OH excluding ortho intramolecular Hbond substituents is 4. The highest BCUT2D eigenvalue weighted by atomic mass is 16.8. The topological polar surface area (TPSA) is 345 Å². The molecule has 3 fully saturated rings. The van der Waals surface area contributed by atoms with E-state index >= 15 is 0 Å². The highest BCUT2D eigenvalue weighted by Gasteiger charge is 2.56. The number of hydrogen-bond acceptors (Lipinski definition) is 21. The molecule has 15 atom stereocenters. The monoisotopic (exact) mass is 802 g/mol. The minimum Gasteiger partial charge on any atom is -0.504 e. The third kappa shape index (κ3) is 9.85. The van der Waals surface area contributed by atoms with Gasteiger partial charge in [0.1, 0.15) is 67.1 Å². The van der Waals surface area contributed by atoms with Gasteiger partial charge < -0.3 is 99.5 Å². The Balaban J connectivity index is 1.51. The Kier molecular flexibility index (Phi) is 14.8. The molecule has 21 nitrogen and oxygen atoms in total. The highest BCUT2D eigenvalue weighted by molar-refractivity contribution is 5.87. The van der Waals surface area contributed by atoms with Crippen LogP contribution in [-0.2, 0) is 44.4 Å². The van der Waals surface area contributed by atoms with E-state index < -0.39 is 135 Å². The Labute approximate surface area is 317 Å². The van der Waals surface area contributed by atoms with Crippen LogP contribution in [0.1, 0.15) is 11.1 Å². The molecule has 2 aromatic carbocycles. The number of ether oxygens (including phenoxy) is 7. The summed E-state index contributed by atoms with van der Waals surface area (Å²) in [7, 11) is 0. The molecule has 3 saturated heterocycles.